The molecule has 1 aromatic heterocycles. The van der Waals surface area contributed by atoms with Gasteiger partial charge in [-0.25, -0.2) is 4.79 Å². The lowest BCUT2D eigenvalue weighted by Gasteiger charge is -2.25. The van der Waals surface area contributed by atoms with Gasteiger partial charge in [0.15, 0.2) is 6.04 Å². The highest BCUT2D eigenvalue weighted by Crippen LogP contribution is 1.96. The van der Waals surface area contributed by atoms with Gasteiger partial charge in [-0.15, -0.1) is 0 Å². The van der Waals surface area contributed by atoms with E-state index in [0.717, 1.165) is 0 Å². The van der Waals surface area contributed by atoms with E-state index in [0.29, 0.717) is 5.69 Å². The Morgan fingerprint density at radius 3 is 2.62 bits per heavy atom. The first-order valence-corrected chi connectivity index (χ1v) is 3.80. The first-order valence-electron chi connectivity index (χ1n) is 3.80. The fourth-order valence-corrected chi connectivity index (χ4v) is 0.878. The second kappa shape index (κ2) is 3.97. The molecule has 2 N–H and O–H groups in total. The zero-order valence-corrected chi connectivity index (χ0v) is 7.10. The summed E-state index contributed by atoms with van der Waals surface area (Å²) >= 11 is 0. The molecule has 5 heteroatoms. The van der Waals surface area contributed by atoms with Crippen molar-refractivity contribution in [3.05, 3.63) is 29.7 Å². The Kier molecular flexibility index (Phi) is 2.94. The van der Waals surface area contributed by atoms with Crippen LogP contribution in [0.1, 0.15) is 6.92 Å². The highest BCUT2D eigenvalue weighted by molar-refractivity contribution is 5.71. The van der Waals surface area contributed by atoms with E-state index in [1.54, 1.807) is 0 Å². The highest BCUT2D eigenvalue weighted by Gasteiger charge is 2.19. The van der Waals surface area contributed by atoms with Crippen molar-refractivity contribution in [1.82, 2.24) is 4.98 Å². The summed E-state index contributed by atoms with van der Waals surface area (Å²) < 4.78 is 0. The molecule has 0 aliphatic rings. The van der Waals surface area contributed by atoms with Crippen molar-refractivity contribution >= 4 is 11.7 Å². The van der Waals surface area contributed by atoms with Gasteiger partial charge in [-0.2, -0.15) is 0 Å². The van der Waals surface area contributed by atoms with E-state index in [-0.39, 0.29) is 0 Å². The molecular formula is C8H10N2O3. The van der Waals surface area contributed by atoms with Crippen LogP contribution in [0.15, 0.2) is 24.5 Å². The Balaban J connectivity index is 2.79. The lowest BCUT2D eigenvalue weighted by molar-refractivity contribution is -0.794. The van der Waals surface area contributed by atoms with Gasteiger partial charge in [-0.1, -0.05) is 0 Å². The van der Waals surface area contributed by atoms with Crippen molar-refractivity contribution in [3.63, 3.8) is 0 Å². The third-order valence-electron chi connectivity index (χ3n) is 1.73. The first-order chi connectivity index (χ1) is 6.13. The molecule has 2 atom stereocenters. The summed E-state index contributed by atoms with van der Waals surface area (Å²) in [4.78, 5) is 14.2. The topological polar surface area (TPSA) is 77.7 Å². The fourth-order valence-electron chi connectivity index (χ4n) is 0.878. The number of quaternary nitrogens is 1. The molecule has 0 saturated carbocycles. The zero-order valence-electron chi connectivity index (χ0n) is 7.10. The van der Waals surface area contributed by atoms with Crippen LogP contribution >= 0.6 is 0 Å². The predicted octanol–water partition coefficient (Wildman–Crippen LogP) is -0.431. The number of aromatic nitrogens is 1. The molecule has 5 nitrogen and oxygen atoms in total. The lowest BCUT2D eigenvalue weighted by atomic mass is 10.3. The van der Waals surface area contributed by atoms with Crippen LogP contribution in [0.25, 0.3) is 0 Å². The second-order valence-electron chi connectivity index (χ2n) is 2.66. The van der Waals surface area contributed by atoms with Gasteiger partial charge < -0.3 is 15.4 Å². The number of aliphatic carboxylic acids is 1. The number of carboxylic acids is 1. The van der Waals surface area contributed by atoms with E-state index < -0.39 is 17.1 Å². The van der Waals surface area contributed by atoms with Crippen molar-refractivity contribution in [1.29, 1.82) is 0 Å². The van der Waals surface area contributed by atoms with Gasteiger partial charge >= 0.3 is 5.97 Å². The Morgan fingerprint density at radius 1 is 1.62 bits per heavy atom. The number of carboxylic acid groups (broad SMARTS) is 1. The fraction of sp³-hybridized carbons (Fsp3) is 0.250. The van der Waals surface area contributed by atoms with Gasteiger partial charge in [0.05, 0.1) is 0 Å². The maximum absolute atomic E-state index is 11.4. The van der Waals surface area contributed by atoms with Crippen LogP contribution < -0.4 is 5.06 Å². The largest absolute Gasteiger partial charge is 0.628 e. The SMILES string of the molecule is C[C@@H](C(=O)O)[NH+]([O-])c1ccncc1. The minimum Gasteiger partial charge on any atom is -0.628 e. The Bertz CT molecular complexity index is 289. The molecule has 0 amide bonds. The third-order valence-corrected chi connectivity index (χ3v) is 1.73. The molecule has 0 saturated heterocycles. The van der Waals surface area contributed by atoms with Crippen LogP contribution in [0, 0.1) is 5.21 Å². The van der Waals surface area contributed by atoms with E-state index in [2.05, 4.69) is 4.98 Å². The molecule has 70 valence electrons. The summed E-state index contributed by atoms with van der Waals surface area (Å²) in [5.41, 5.74) is 0.380. The monoisotopic (exact) mass is 182 g/mol. The van der Waals surface area contributed by atoms with E-state index in [9.17, 15) is 10.0 Å². The third kappa shape index (κ3) is 2.24. The van der Waals surface area contributed by atoms with Gasteiger partial charge in [-0.05, 0) is 6.92 Å². The van der Waals surface area contributed by atoms with E-state index >= 15 is 0 Å². The standard InChI is InChI=1S/C8H10N2O3/c1-6(8(11)12)10(13)7-2-4-9-5-3-7/h2-6,10H,1H3,(H,11,12)/t6-/m0/s1. The van der Waals surface area contributed by atoms with Gasteiger partial charge in [-0.3, -0.25) is 4.98 Å². The molecule has 0 spiro atoms. The van der Waals surface area contributed by atoms with E-state index in [1.165, 1.54) is 31.5 Å². The zero-order chi connectivity index (χ0) is 9.84. The predicted molar refractivity (Wildman–Crippen MR) is 45.3 cm³/mol. The molecule has 1 rings (SSSR count). The van der Waals surface area contributed by atoms with Gasteiger partial charge in [0.2, 0.25) is 0 Å². The summed E-state index contributed by atoms with van der Waals surface area (Å²) in [7, 11) is 0. The molecular weight excluding hydrogens is 172 g/mol. The normalized spacial score (nSPS) is 14.9. The van der Waals surface area contributed by atoms with Crippen molar-refractivity contribution in [3.8, 4) is 0 Å². The second-order valence-corrected chi connectivity index (χ2v) is 2.66. The molecule has 0 radical (unpaired) electrons. The molecule has 0 bridgehead atoms. The van der Waals surface area contributed by atoms with Crippen LogP contribution in [0.3, 0.4) is 0 Å². The molecule has 1 heterocycles. The Labute approximate surface area is 75.2 Å². The molecule has 1 unspecified atom stereocenters. The maximum atomic E-state index is 11.4. The maximum Gasteiger partial charge on any atom is 0.362 e. The van der Waals surface area contributed by atoms with Crippen molar-refractivity contribution in [2.75, 3.05) is 0 Å². The number of pyridine rings is 1. The van der Waals surface area contributed by atoms with Gasteiger partial charge in [0.25, 0.3) is 0 Å². The highest BCUT2D eigenvalue weighted by atomic mass is 16.5. The number of nitrogens with one attached hydrogen (secondary N) is 1. The summed E-state index contributed by atoms with van der Waals surface area (Å²) in [6.45, 7) is 1.37. The summed E-state index contributed by atoms with van der Waals surface area (Å²) in [6, 6.07) is 2.01. The van der Waals surface area contributed by atoms with Crippen molar-refractivity contribution in [2.24, 2.45) is 0 Å². The van der Waals surface area contributed by atoms with Crippen molar-refractivity contribution < 1.29 is 15.0 Å². The van der Waals surface area contributed by atoms with Crippen LogP contribution in [-0.4, -0.2) is 22.1 Å². The first kappa shape index (κ1) is 9.63. The summed E-state index contributed by atoms with van der Waals surface area (Å²) in [5.74, 6) is -1.11. The summed E-state index contributed by atoms with van der Waals surface area (Å²) in [6.07, 6.45) is 2.92. The number of rotatable bonds is 3. The van der Waals surface area contributed by atoms with Gasteiger partial charge in [0.1, 0.15) is 5.69 Å². The minimum atomic E-state index is -1.11. The van der Waals surface area contributed by atoms with Crippen LogP contribution in [-0.2, 0) is 4.79 Å². The molecule has 0 aliphatic heterocycles. The smallest absolute Gasteiger partial charge is 0.362 e. The Hall–Kier alpha value is -1.46. The average molecular weight is 182 g/mol. The molecule has 13 heavy (non-hydrogen) atoms. The summed E-state index contributed by atoms with van der Waals surface area (Å²) in [5, 5.41) is 19.6. The van der Waals surface area contributed by atoms with Crippen molar-refractivity contribution in [2.45, 2.75) is 13.0 Å². The van der Waals surface area contributed by atoms with E-state index in [1.807, 2.05) is 0 Å². The molecule has 1 aromatic rings. The van der Waals surface area contributed by atoms with Crippen LogP contribution in [0.2, 0.25) is 0 Å². The number of hydroxylamine groups is 1. The van der Waals surface area contributed by atoms with Gasteiger partial charge in [0, 0.05) is 24.5 Å². The Morgan fingerprint density at radius 2 is 2.15 bits per heavy atom. The molecule has 0 aromatic carbocycles. The average Bonchev–Trinajstić information content (AvgIpc) is 2.17. The molecule has 0 aliphatic carbocycles. The number of nitrogens with zero attached hydrogens (tertiary/aromatic N) is 1. The quantitative estimate of drug-likeness (QED) is 0.622. The minimum absolute atomic E-state index is 0.380. The lowest BCUT2D eigenvalue weighted by Crippen LogP contribution is -3.07. The van der Waals surface area contributed by atoms with Crippen LogP contribution in [0.5, 0.6) is 0 Å². The number of hydrogen-bond donors (Lipinski definition) is 2. The molecule has 0 fully saturated rings. The number of carbonyl (C=O) groups is 1. The van der Waals surface area contributed by atoms with Crippen LogP contribution in [0.4, 0.5) is 5.69 Å². The van der Waals surface area contributed by atoms with E-state index in [4.69, 9.17) is 5.11 Å². The number of hydrogen-bond acceptors (Lipinski definition) is 3.